The van der Waals surface area contributed by atoms with E-state index in [1.807, 2.05) is 0 Å². The first kappa shape index (κ1) is 9.90. The van der Waals surface area contributed by atoms with E-state index >= 15 is 0 Å². The second kappa shape index (κ2) is 3.69. The second-order valence-electron chi connectivity index (χ2n) is 2.23. The van der Waals surface area contributed by atoms with Crippen LogP contribution < -0.4 is 0 Å². The van der Waals surface area contributed by atoms with Gasteiger partial charge in [-0.3, -0.25) is 10.1 Å². The average Bonchev–Trinajstić information content (AvgIpc) is 2.52. The number of carboxylic acids is 1. The van der Waals surface area contributed by atoms with Crippen molar-refractivity contribution in [3.05, 3.63) is 33.8 Å². The quantitative estimate of drug-likeness (QED) is 0.455. The van der Waals surface area contributed by atoms with E-state index in [4.69, 9.17) is 5.11 Å². The minimum absolute atomic E-state index is 0.225. The van der Waals surface area contributed by atoms with E-state index in [1.54, 1.807) is 0 Å². The first-order valence-electron chi connectivity index (χ1n) is 3.35. The lowest BCUT2D eigenvalue weighted by atomic mass is 10.4. The monoisotopic (exact) mass is 201 g/mol. The molecule has 0 aliphatic heterocycles. The summed E-state index contributed by atoms with van der Waals surface area (Å²) >= 11 is 0. The van der Waals surface area contributed by atoms with Crippen molar-refractivity contribution in [2.24, 2.45) is 0 Å². The molecule has 14 heavy (non-hydrogen) atoms. The van der Waals surface area contributed by atoms with Gasteiger partial charge in [0.1, 0.15) is 10.7 Å². The molecule has 0 unspecified atom stereocenters. The van der Waals surface area contributed by atoms with E-state index in [9.17, 15) is 19.3 Å². The smallest absolute Gasteiger partial charge is 0.433 e. The van der Waals surface area contributed by atoms with Crippen molar-refractivity contribution in [3.63, 3.8) is 0 Å². The van der Waals surface area contributed by atoms with Crippen molar-refractivity contribution < 1.29 is 23.6 Å². The summed E-state index contributed by atoms with van der Waals surface area (Å²) in [6, 6.07) is 2.10. The Labute approximate surface area is 76.4 Å². The fourth-order valence-electron chi connectivity index (χ4n) is 0.705. The highest BCUT2D eigenvalue weighted by Gasteiger charge is 2.12. The largest absolute Gasteiger partial charge is 0.476 e. The number of hydrogen-bond acceptors (Lipinski definition) is 4. The van der Waals surface area contributed by atoms with Gasteiger partial charge in [0.05, 0.1) is 6.07 Å². The number of halogens is 1. The molecule has 74 valence electrons. The number of furan rings is 1. The number of nitrogens with zero attached hydrogens (tertiary/aromatic N) is 1. The van der Waals surface area contributed by atoms with Crippen LogP contribution in [0.5, 0.6) is 0 Å². The molecule has 0 bridgehead atoms. The average molecular weight is 201 g/mol. The first-order valence-corrected chi connectivity index (χ1v) is 3.35. The topological polar surface area (TPSA) is 93.6 Å². The van der Waals surface area contributed by atoms with Gasteiger partial charge in [-0.05, 0) is 6.07 Å². The summed E-state index contributed by atoms with van der Waals surface area (Å²) in [5.41, 5.74) is 0. The van der Waals surface area contributed by atoms with Crippen molar-refractivity contribution >= 4 is 17.9 Å². The maximum absolute atomic E-state index is 12.5. The van der Waals surface area contributed by atoms with Gasteiger partial charge in [0.15, 0.2) is 0 Å². The third kappa shape index (κ3) is 2.16. The Morgan fingerprint density at radius 2 is 2.29 bits per heavy atom. The van der Waals surface area contributed by atoms with Crippen molar-refractivity contribution in [2.75, 3.05) is 0 Å². The highest BCUT2D eigenvalue weighted by molar-refractivity contribution is 5.89. The summed E-state index contributed by atoms with van der Waals surface area (Å²) in [7, 11) is 0. The lowest BCUT2D eigenvalue weighted by Crippen LogP contribution is -1.93. The Balaban J connectivity index is 2.93. The van der Waals surface area contributed by atoms with Crippen LogP contribution in [0.1, 0.15) is 5.76 Å². The van der Waals surface area contributed by atoms with Gasteiger partial charge in [-0.25, -0.2) is 4.79 Å². The number of hydrogen-bond donors (Lipinski definition) is 1. The second-order valence-corrected chi connectivity index (χ2v) is 2.23. The van der Waals surface area contributed by atoms with Gasteiger partial charge in [-0.1, -0.05) is 0 Å². The predicted molar refractivity (Wildman–Crippen MR) is 42.1 cm³/mol. The number of rotatable bonds is 3. The van der Waals surface area contributed by atoms with Crippen LogP contribution in [0.2, 0.25) is 0 Å². The lowest BCUT2D eigenvalue weighted by molar-refractivity contribution is -0.402. The van der Waals surface area contributed by atoms with E-state index in [1.165, 1.54) is 0 Å². The molecule has 0 fully saturated rings. The maximum Gasteiger partial charge on any atom is 0.433 e. The highest BCUT2D eigenvalue weighted by Crippen LogP contribution is 2.18. The molecule has 0 amide bonds. The minimum Gasteiger partial charge on any atom is -0.476 e. The summed E-state index contributed by atoms with van der Waals surface area (Å²) in [6.45, 7) is 0. The van der Waals surface area contributed by atoms with Crippen molar-refractivity contribution in [1.82, 2.24) is 0 Å². The van der Waals surface area contributed by atoms with E-state index in [-0.39, 0.29) is 5.76 Å². The number of carbonyl (C=O) groups is 1. The van der Waals surface area contributed by atoms with Gasteiger partial charge >= 0.3 is 11.9 Å². The van der Waals surface area contributed by atoms with Gasteiger partial charge in [0, 0.05) is 6.08 Å². The van der Waals surface area contributed by atoms with E-state index in [0.29, 0.717) is 6.08 Å². The third-order valence-electron chi connectivity index (χ3n) is 1.27. The number of carboxylic acid groups (broad SMARTS) is 1. The van der Waals surface area contributed by atoms with Gasteiger partial charge in [0.25, 0.3) is 0 Å². The Morgan fingerprint density at radius 3 is 2.71 bits per heavy atom. The van der Waals surface area contributed by atoms with Crippen LogP contribution in [-0.4, -0.2) is 16.0 Å². The van der Waals surface area contributed by atoms with Crippen LogP contribution in [0.25, 0.3) is 6.08 Å². The molecule has 0 aliphatic rings. The molecule has 0 spiro atoms. The zero-order chi connectivity index (χ0) is 10.7. The molecule has 0 aliphatic carbocycles. The van der Waals surface area contributed by atoms with Gasteiger partial charge in [0.2, 0.25) is 5.83 Å². The normalized spacial score (nSPS) is 11.4. The molecule has 1 aromatic rings. The Bertz CT molecular complexity index is 408. The SMILES string of the molecule is O=C(O)C(F)=Cc1ccc([N+](=O)[O-])o1. The van der Waals surface area contributed by atoms with Crippen molar-refractivity contribution in [3.8, 4) is 0 Å². The number of nitro groups is 1. The molecule has 0 radical (unpaired) electrons. The van der Waals surface area contributed by atoms with Crippen molar-refractivity contribution in [1.29, 1.82) is 0 Å². The molecule has 0 atom stereocenters. The van der Waals surface area contributed by atoms with Crippen LogP contribution in [-0.2, 0) is 4.79 Å². The molecule has 1 rings (SSSR count). The Hall–Kier alpha value is -2.18. The molecular weight excluding hydrogens is 197 g/mol. The van der Waals surface area contributed by atoms with Gasteiger partial charge < -0.3 is 9.52 Å². The molecule has 0 aromatic carbocycles. The van der Waals surface area contributed by atoms with Crippen LogP contribution >= 0.6 is 0 Å². The fourth-order valence-corrected chi connectivity index (χ4v) is 0.705. The Morgan fingerprint density at radius 1 is 1.64 bits per heavy atom. The molecule has 1 aromatic heterocycles. The van der Waals surface area contributed by atoms with E-state index in [2.05, 4.69) is 4.42 Å². The lowest BCUT2D eigenvalue weighted by Gasteiger charge is -1.86. The minimum atomic E-state index is -1.76. The molecule has 6 nitrogen and oxygen atoms in total. The van der Waals surface area contributed by atoms with Gasteiger partial charge in [-0.2, -0.15) is 4.39 Å². The summed E-state index contributed by atoms with van der Waals surface area (Å²) in [6.07, 6.45) is 0.551. The zero-order valence-electron chi connectivity index (χ0n) is 6.64. The molecule has 0 saturated carbocycles. The summed E-state index contributed by atoms with van der Waals surface area (Å²) in [5.74, 6) is -4.01. The molecule has 7 heteroatoms. The van der Waals surface area contributed by atoms with E-state index in [0.717, 1.165) is 12.1 Å². The van der Waals surface area contributed by atoms with Crippen LogP contribution in [0.3, 0.4) is 0 Å². The molecule has 0 saturated heterocycles. The summed E-state index contributed by atoms with van der Waals surface area (Å²) in [4.78, 5) is 19.3. The summed E-state index contributed by atoms with van der Waals surface area (Å²) < 4.78 is 16.9. The van der Waals surface area contributed by atoms with Gasteiger partial charge in [-0.15, -0.1) is 0 Å². The number of aliphatic carboxylic acids is 1. The molecule has 1 N–H and O–H groups in total. The fraction of sp³-hybridized carbons (Fsp3) is 0. The summed E-state index contributed by atoms with van der Waals surface area (Å²) in [5, 5.41) is 18.3. The third-order valence-corrected chi connectivity index (χ3v) is 1.27. The Kier molecular flexibility index (Phi) is 2.61. The van der Waals surface area contributed by atoms with Crippen LogP contribution in [0.4, 0.5) is 10.3 Å². The maximum atomic E-state index is 12.5. The van der Waals surface area contributed by atoms with E-state index < -0.39 is 22.6 Å². The highest BCUT2D eigenvalue weighted by atomic mass is 19.1. The first-order chi connectivity index (χ1) is 6.50. The zero-order valence-corrected chi connectivity index (χ0v) is 6.64. The predicted octanol–water partition coefficient (Wildman–Crippen LogP) is 1.58. The molecular formula is C7H4FNO5. The standard InChI is InChI=1S/C7H4FNO5/c8-5(7(10)11)3-4-1-2-6(14-4)9(12)13/h1-3H,(H,10,11). The van der Waals surface area contributed by atoms with Crippen LogP contribution in [0.15, 0.2) is 22.4 Å². The van der Waals surface area contributed by atoms with Crippen LogP contribution in [0, 0.1) is 10.1 Å². The molecule has 1 heterocycles. The van der Waals surface area contributed by atoms with Crippen molar-refractivity contribution in [2.45, 2.75) is 0 Å².